The van der Waals surface area contributed by atoms with Crippen LogP contribution in [0.2, 0.25) is 5.02 Å². The minimum absolute atomic E-state index is 0.134. The van der Waals surface area contributed by atoms with Crippen LogP contribution < -0.4 is 10.9 Å². The molecule has 22 heavy (non-hydrogen) atoms. The van der Waals surface area contributed by atoms with Crippen LogP contribution in [0.15, 0.2) is 34.2 Å². The van der Waals surface area contributed by atoms with Gasteiger partial charge in [-0.1, -0.05) is 41.6 Å². The molecule has 3 rings (SSSR count). The van der Waals surface area contributed by atoms with Gasteiger partial charge < -0.3 is 9.88 Å². The fourth-order valence-electron chi connectivity index (χ4n) is 2.74. The van der Waals surface area contributed by atoms with Crippen LogP contribution in [0.1, 0.15) is 23.5 Å². The van der Waals surface area contributed by atoms with Gasteiger partial charge in [0.15, 0.2) is 5.16 Å². The molecule has 1 unspecified atom stereocenters. The number of rotatable bonds is 2. The number of thioether (sulfide) groups is 1. The molecule has 0 saturated heterocycles. The van der Waals surface area contributed by atoms with E-state index in [1.54, 1.807) is 17.7 Å². The molecule has 1 atom stereocenters. The molecule has 2 heterocycles. The van der Waals surface area contributed by atoms with E-state index in [-0.39, 0.29) is 23.8 Å². The number of carbonyl (C=O) groups excluding carboxylic acids is 1. The highest BCUT2D eigenvalue weighted by molar-refractivity contribution is 7.98. The highest BCUT2D eigenvalue weighted by Crippen LogP contribution is 2.38. The van der Waals surface area contributed by atoms with Gasteiger partial charge in [0.1, 0.15) is 5.82 Å². The molecular weight excluding hydrogens is 322 g/mol. The van der Waals surface area contributed by atoms with Gasteiger partial charge in [-0.15, -0.1) is 0 Å². The predicted octanol–water partition coefficient (Wildman–Crippen LogP) is 2.63. The molecule has 0 fully saturated rings. The van der Waals surface area contributed by atoms with Crippen molar-refractivity contribution < 1.29 is 4.79 Å². The summed E-state index contributed by atoms with van der Waals surface area (Å²) in [6.45, 7) is 0. The predicted molar refractivity (Wildman–Crippen MR) is 87.8 cm³/mol. The maximum Gasteiger partial charge on any atom is 0.279 e. The van der Waals surface area contributed by atoms with Gasteiger partial charge in [-0.3, -0.25) is 9.59 Å². The Balaban J connectivity index is 2.27. The quantitative estimate of drug-likeness (QED) is 0.677. The number of nitrogens with zero attached hydrogens (tertiary/aromatic N) is 2. The summed E-state index contributed by atoms with van der Waals surface area (Å²) in [5.41, 5.74) is 0.950. The van der Waals surface area contributed by atoms with Crippen molar-refractivity contribution in [1.82, 2.24) is 9.55 Å². The molecule has 7 heteroatoms. The van der Waals surface area contributed by atoms with E-state index in [0.29, 0.717) is 21.6 Å². The van der Waals surface area contributed by atoms with Crippen LogP contribution in [0, 0.1) is 0 Å². The van der Waals surface area contributed by atoms with Crippen LogP contribution in [-0.2, 0) is 11.8 Å². The third kappa shape index (κ3) is 2.42. The van der Waals surface area contributed by atoms with Crippen LogP contribution in [0.4, 0.5) is 5.82 Å². The zero-order valence-electron chi connectivity index (χ0n) is 12.1. The van der Waals surface area contributed by atoms with Gasteiger partial charge in [0, 0.05) is 24.4 Å². The van der Waals surface area contributed by atoms with E-state index in [1.165, 1.54) is 11.8 Å². The van der Waals surface area contributed by atoms with Crippen LogP contribution in [-0.4, -0.2) is 21.7 Å². The Labute approximate surface area is 136 Å². The molecule has 2 aromatic rings. The van der Waals surface area contributed by atoms with E-state index in [0.717, 1.165) is 5.56 Å². The molecule has 1 aromatic heterocycles. The molecule has 1 amide bonds. The number of carbonyl (C=O) groups is 1. The minimum atomic E-state index is -0.375. The molecule has 0 aliphatic carbocycles. The number of halogens is 1. The normalized spacial score (nSPS) is 17.0. The smallest absolute Gasteiger partial charge is 0.279 e. The lowest BCUT2D eigenvalue weighted by Gasteiger charge is -2.27. The van der Waals surface area contributed by atoms with E-state index in [9.17, 15) is 9.59 Å². The van der Waals surface area contributed by atoms with Crippen LogP contribution in [0.25, 0.3) is 0 Å². The third-order valence-electron chi connectivity index (χ3n) is 3.76. The Hall–Kier alpha value is -1.79. The van der Waals surface area contributed by atoms with E-state index in [1.807, 2.05) is 24.5 Å². The first-order valence-electron chi connectivity index (χ1n) is 6.72. The Bertz CT molecular complexity index is 819. The molecular formula is C15H14ClN3O2S. The van der Waals surface area contributed by atoms with Gasteiger partial charge in [0.25, 0.3) is 5.56 Å². The summed E-state index contributed by atoms with van der Waals surface area (Å²) < 4.78 is 1.74. The second-order valence-corrected chi connectivity index (χ2v) is 6.23. The summed E-state index contributed by atoms with van der Waals surface area (Å²) in [7, 11) is 1.78. The van der Waals surface area contributed by atoms with Crippen LogP contribution >= 0.6 is 23.4 Å². The van der Waals surface area contributed by atoms with Gasteiger partial charge in [-0.25, -0.2) is 0 Å². The topological polar surface area (TPSA) is 64.0 Å². The number of nitrogens with one attached hydrogen (secondary N) is 1. The molecule has 1 N–H and O–H groups in total. The highest BCUT2D eigenvalue weighted by Gasteiger charge is 2.32. The van der Waals surface area contributed by atoms with Gasteiger partial charge in [-0.05, 0) is 17.9 Å². The molecule has 5 nitrogen and oxygen atoms in total. The first-order valence-corrected chi connectivity index (χ1v) is 8.32. The lowest BCUT2D eigenvalue weighted by atomic mass is 9.87. The molecule has 0 spiro atoms. The zero-order chi connectivity index (χ0) is 15.9. The van der Waals surface area contributed by atoms with Gasteiger partial charge >= 0.3 is 0 Å². The van der Waals surface area contributed by atoms with Crippen molar-refractivity contribution in [2.45, 2.75) is 17.5 Å². The van der Waals surface area contributed by atoms with Gasteiger partial charge in [0.2, 0.25) is 5.91 Å². The van der Waals surface area contributed by atoms with Crippen LogP contribution in [0.5, 0.6) is 0 Å². The minimum Gasteiger partial charge on any atom is -0.312 e. The number of hydrogen-bond donors (Lipinski definition) is 1. The first kappa shape index (κ1) is 15.1. The number of hydrogen-bond acceptors (Lipinski definition) is 4. The molecule has 1 aliphatic rings. The fourth-order valence-corrected chi connectivity index (χ4v) is 3.55. The Morgan fingerprint density at radius 1 is 1.36 bits per heavy atom. The largest absolute Gasteiger partial charge is 0.312 e. The molecule has 0 saturated carbocycles. The van der Waals surface area contributed by atoms with Crippen molar-refractivity contribution in [2.24, 2.45) is 7.05 Å². The third-order valence-corrected chi connectivity index (χ3v) is 4.84. The van der Waals surface area contributed by atoms with Crippen molar-refractivity contribution in [1.29, 1.82) is 0 Å². The molecule has 0 radical (unpaired) electrons. The molecule has 1 aromatic carbocycles. The van der Waals surface area contributed by atoms with Crippen molar-refractivity contribution in [3.63, 3.8) is 0 Å². The van der Waals surface area contributed by atoms with Crippen molar-refractivity contribution in [3.05, 3.63) is 50.8 Å². The Morgan fingerprint density at radius 3 is 2.77 bits per heavy atom. The molecule has 114 valence electrons. The summed E-state index contributed by atoms with van der Waals surface area (Å²) in [4.78, 5) is 28.7. The molecule has 1 aliphatic heterocycles. The van der Waals surface area contributed by atoms with E-state index >= 15 is 0 Å². The average molecular weight is 336 g/mol. The average Bonchev–Trinajstić information content (AvgIpc) is 2.50. The van der Waals surface area contributed by atoms with Crippen molar-refractivity contribution in [3.8, 4) is 0 Å². The highest BCUT2D eigenvalue weighted by atomic mass is 35.5. The van der Waals surface area contributed by atoms with Crippen LogP contribution in [0.3, 0.4) is 0 Å². The summed E-state index contributed by atoms with van der Waals surface area (Å²) in [5.74, 6) is -0.00394. The summed E-state index contributed by atoms with van der Waals surface area (Å²) in [6.07, 6.45) is 2.02. The molecule has 0 bridgehead atoms. The Morgan fingerprint density at radius 2 is 2.09 bits per heavy atom. The summed E-state index contributed by atoms with van der Waals surface area (Å²) in [6, 6.07) is 7.28. The SMILES string of the molecule is CSc1nc(=O)c2c(n1C)NC(=O)CC2c1ccccc1Cl. The Kier molecular flexibility index (Phi) is 3.97. The maximum absolute atomic E-state index is 12.5. The summed E-state index contributed by atoms with van der Waals surface area (Å²) >= 11 is 7.62. The lowest BCUT2D eigenvalue weighted by Crippen LogP contribution is -2.33. The van der Waals surface area contributed by atoms with Crippen molar-refractivity contribution in [2.75, 3.05) is 11.6 Å². The second-order valence-electron chi connectivity index (χ2n) is 5.05. The monoisotopic (exact) mass is 335 g/mol. The van der Waals surface area contributed by atoms with Crippen molar-refractivity contribution >= 4 is 35.1 Å². The van der Waals surface area contributed by atoms with Gasteiger partial charge in [-0.2, -0.15) is 4.98 Å². The number of fused-ring (bicyclic) bond motifs is 1. The number of benzene rings is 1. The number of amides is 1. The standard InChI is InChI=1S/C15H14ClN3O2S/c1-19-13-12(14(21)18-15(19)22-2)9(7-11(20)17-13)8-5-3-4-6-10(8)16/h3-6,9H,7H2,1-2H3,(H,17,20). The summed E-state index contributed by atoms with van der Waals surface area (Å²) in [5, 5.41) is 3.90. The van der Waals surface area contributed by atoms with E-state index in [4.69, 9.17) is 11.6 Å². The lowest BCUT2D eigenvalue weighted by molar-refractivity contribution is -0.116. The van der Waals surface area contributed by atoms with E-state index in [2.05, 4.69) is 10.3 Å². The van der Waals surface area contributed by atoms with Gasteiger partial charge in [0.05, 0.1) is 5.56 Å². The second kappa shape index (κ2) is 5.78. The first-order chi connectivity index (χ1) is 10.5. The number of aromatic nitrogens is 2. The fraction of sp³-hybridized carbons (Fsp3) is 0.267. The number of anilines is 1. The van der Waals surface area contributed by atoms with E-state index < -0.39 is 0 Å². The zero-order valence-corrected chi connectivity index (χ0v) is 13.7. The maximum atomic E-state index is 12.5.